The minimum absolute atomic E-state index is 0.127. The number of methoxy groups -OCH3 is 1. The number of nitrogens with zero attached hydrogens (tertiary/aromatic N) is 3. The van der Waals surface area contributed by atoms with Gasteiger partial charge >= 0.3 is 0 Å². The third kappa shape index (κ3) is 3.83. The summed E-state index contributed by atoms with van der Waals surface area (Å²) in [6.07, 6.45) is 0. The molecule has 1 aliphatic heterocycles. The highest BCUT2D eigenvalue weighted by atomic mass is 16.5. The van der Waals surface area contributed by atoms with Crippen LogP contribution in [-0.4, -0.2) is 57.2 Å². The lowest BCUT2D eigenvalue weighted by Gasteiger charge is -2.39. The van der Waals surface area contributed by atoms with E-state index in [4.69, 9.17) is 4.74 Å². The van der Waals surface area contributed by atoms with Crippen molar-refractivity contribution in [2.75, 3.05) is 50.1 Å². The summed E-state index contributed by atoms with van der Waals surface area (Å²) in [4.78, 5) is 19.2. The fourth-order valence-corrected chi connectivity index (χ4v) is 3.46. The van der Waals surface area contributed by atoms with E-state index in [0.717, 1.165) is 43.3 Å². The van der Waals surface area contributed by atoms with Crippen molar-refractivity contribution >= 4 is 17.3 Å². The Labute approximate surface area is 155 Å². The molecule has 0 N–H and O–H groups in total. The Hall–Kier alpha value is -2.53. The van der Waals surface area contributed by atoms with Crippen LogP contribution in [0.1, 0.15) is 6.92 Å². The van der Waals surface area contributed by atoms with Crippen LogP contribution in [0, 0.1) is 0 Å². The van der Waals surface area contributed by atoms with Crippen molar-refractivity contribution in [3.63, 3.8) is 0 Å². The van der Waals surface area contributed by atoms with Gasteiger partial charge in [0.25, 0.3) is 0 Å². The molecular formula is C21H27N3O2. The molecule has 1 amide bonds. The van der Waals surface area contributed by atoms with Crippen LogP contribution in [0.4, 0.5) is 11.4 Å². The summed E-state index contributed by atoms with van der Waals surface area (Å²) in [7, 11) is 3.55. The van der Waals surface area contributed by atoms with Gasteiger partial charge in [-0.25, -0.2) is 0 Å². The highest BCUT2D eigenvalue weighted by Gasteiger charge is 2.28. The number of carbonyl (C=O) groups excluding carboxylic acids is 1. The van der Waals surface area contributed by atoms with Gasteiger partial charge in [0, 0.05) is 38.9 Å². The number of ether oxygens (including phenoxy) is 1. The number of likely N-dealkylation sites (N-methyl/N-ethyl adjacent to an activating group) is 1. The Morgan fingerprint density at radius 3 is 2.27 bits per heavy atom. The molecule has 0 unspecified atom stereocenters. The van der Waals surface area contributed by atoms with Crippen molar-refractivity contribution in [1.82, 2.24) is 4.90 Å². The van der Waals surface area contributed by atoms with Crippen molar-refractivity contribution in [2.24, 2.45) is 0 Å². The van der Waals surface area contributed by atoms with Crippen LogP contribution in [-0.2, 0) is 4.79 Å². The van der Waals surface area contributed by atoms with Gasteiger partial charge in [0.1, 0.15) is 5.75 Å². The molecule has 0 spiro atoms. The van der Waals surface area contributed by atoms with Crippen LogP contribution in [0.5, 0.6) is 5.75 Å². The predicted molar refractivity (Wildman–Crippen MR) is 106 cm³/mol. The maximum absolute atomic E-state index is 12.8. The van der Waals surface area contributed by atoms with Crippen LogP contribution in [0.15, 0.2) is 54.6 Å². The molecule has 1 heterocycles. The molecule has 0 radical (unpaired) electrons. The monoisotopic (exact) mass is 353 g/mol. The van der Waals surface area contributed by atoms with Gasteiger partial charge in [-0.05, 0) is 31.2 Å². The van der Waals surface area contributed by atoms with E-state index in [1.165, 1.54) is 0 Å². The second-order valence-corrected chi connectivity index (χ2v) is 6.60. The van der Waals surface area contributed by atoms with E-state index in [-0.39, 0.29) is 11.9 Å². The molecule has 0 aliphatic carbocycles. The zero-order valence-corrected chi connectivity index (χ0v) is 15.8. The number of para-hydroxylation sites is 3. The lowest BCUT2D eigenvalue weighted by atomic mass is 10.1. The third-order valence-electron chi connectivity index (χ3n) is 5.12. The van der Waals surface area contributed by atoms with Gasteiger partial charge in [0.05, 0.1) is 18.8 Å². The van der Waals surface area contributed by atoms with Gasteiger partial charge in [0.15, 0.2) is 0 Å². The first-order valence-electron chi connectivity index (χ1n) is 9.06. The molecule has 26 heavy (non-hydrogen) atoms. The van der Waals surface area contributed by atoms with Gasteiger partial charge < -0.3 is 14.5 Å². The highest BCUT2D eigenvalue weighted by Crippen LogP contribution is 2.28. The molecule has 1 saturated heterocycles. The summed E-state index contributed by atoms with van der Waals surface area (Å²) in [6.45, 7) is 5.47. The normalized spacial score (nSPS) is 16.2. The topological polar surface area (TPSA) is 36.0 Å². The second-order valence-electron chi connectivity index (χ2n) is 6.60. The molecule has 0 aromatic heterocycles. The lowest BCUT2D eigenvalue weighted by Crippen LogP contribution is -2.54. The standard InChI is InChI=1S/C21H27N3O2/c1-17(21(25)22(2)18-9-5-4-6-10-18)23-13-15-24(16-14-23)19-11-7-8-12-20(19)26-3/h4-12,17H,13-16H2,1-3H3/t17-/m0/s1. The average molecular weight is 353 g/mol. The summed E-state index contributed by atoms with van der Waals surface area (Å²) in [5, 5.41) is 0. The van der Waals surface area contributed by atoms with E-state index >= 15 is 0 Å². The fraction of sp³-hybridized carbons (Fsp3) is 0.381. The number of benzene rings is 2. The van der Waals surface area contributed by atoms with E-state index in [0.29, 0.717) is 0 Å². The van der Waals surface area contributed by atoms with Gasteiger partial charge in [-0.1, -0.05) is 30.3 Å². The quantitative estimate of drug-likeness (QED) is 0.828. The highest BCUT2D eigenvalue weighted by molar-refractivity contribution is 5.96. The molecule has 3 rings (SSSR count). The molecule has 1 aliphatic rings. The summed E-state index contributed by atoms with van der Waals surface area (Å²) in [5.41, 5.74) is 2.05. The van der Waals surface area contributed by atoms with Crippen molar-refractivity contribution in [2.45, 2.75) is 13.0 Å². The summed E-state index contributed by atoms with van der Waals surface area (Å²) in [6, 6.07) is 17.8. The molecule has 2 aromatic rings. The van der Waals surface area contributed by atoms with Crippen molar-refractivity contribution in [1.29, 1.82) is 0 Å². The third-order valence-corrected chi connectivity index (χ3v) is 5.12. The Morgan fingerprint density at radius 2 is 1.62 bits per heavy atom. The number of amides is 1. The van der Waals surface area contributed by atoms with Crippen LogP contribution in [0.3, 0.4) is 0 Å². The smallest absolute Gasteiger partial charge is 0.243 e. The van der Waals surface area contributed by atoms with Gasteiger partial charge in [0.2, 0.25) is 5.91 Å². The Balaban J connectivity index is 1.61. The zero-order chi connectivity index (χ0) is 18.5. The molecule has 5 heteroatoms. The average Bonchev–Trinajstić information content (AvgIpc) is 2.73. The van der Waals surface area contributed by atoms with Crippen molar-refractivity contribution < 1.29 is 9.53 Å². The molecule has 5 nitrogen and oxygen atoms in total. The van der Waals surface area contributed by atoms with Crippen molar-refractivity contribution in [3.05, 3.63) is 54.6 Å². The first-order valence-corrected chi connectivity index (χ1v) is 9.06. The SMILES string of the molecule is COc1ccccc1N1CCN([C@@H](C)C(=O)N(C)c2ccccc2)CC1. The number of anilines is 2. The number of hydrogen-bond acceptors (Lipinski definition) is 4. The summed E-state index contributed by atoms with van der Waals surface area (Å²) < 4.78 is 5.48. The number of carbonyl (C=O) groups is 1. The summed E-state index contributed by atoms with van der Waals surface area (Å²) >= 11 is 0. The van der Waals surface area contributed by atoms with E-state index in [1.807, 2.05) is 62.5 Å². The van der Waals surface area contributed by atoms with E-state index in [2.05, 4.69) is 15.9 Å². The van der Waals surface area contributed by atoms with Crippen LogP contribution >= 0.6 is 0 Å². The molecule has 138 valence electrons. The van der Waals surface area contributed by atoms with E-state index < -0.39 is 0 Å². The Kier molecular flexibility index (Phi) is 5.78. The fourth-order valence-electron chi connectivity index (χ4n) is 3.46. The molecule has 0 bridgehead atoms. The van der Waals surface area contributed by atoms with Crippen LogP contribution < -0.4 is 14.5 Å². The first-order chi connectivity index (χ1) is 12.6. The molecule has 1 fully saturated rings. The molecule has 1 atom stereocenters. The lowest BCUT2D eigenvalue weighted by molar-refractivity contribution is -0.123. The zero-order valence-electron chi connectivity index (χ0n) is 15.8. The largest absolute Gasteiger partial charge is 0.495 e. The van der Waals surface area contributed by atoms with E-state index in [9.17, 15) is 4.79 Å². The molecular weight excluding hydrogens is 326 g/mol. The van der Waals surface area contributed by atoms with E-state index in [1.54, 1.807) is 12.0 Å². The maximum Gasteiger partial charge on any atom is 0.243 e. The van der Waals surface area contributed by atoms with Gasteiger partial charge in [-0.3, -0.25) is 9.69 Å². The predicted octanol–water partition coefficient (Wildman–Crippen LogP) is 2.87. The Morgan fingerprint density at radius 1 is 1.00 bits per heavy atom. The second kappa shape index (κ2) is 8.23. The molecule has 0 saturated carbocycles. The van der Waals surface area contributed by atoms with Gasteiger partial charge in [-0.15, -0.1) is 0 Å². The van der Waals surface area contributed by atoms with Crippen molar-refractivity contribution in [3.8, 4) is 5.75 Å². The number of hydrogen-bond donors (Lipinski definition) is 0. The maximum atomic E-state index is 12.8. The van der Waals surface area contributed by atoms with Crippen LogP contribution in [0.2, 0.25) is 0 Å². The molecule has 2 aromatic carbocycles. The minimum Gasteiger partial charge on any atom is -0.495 e. The van der Waals surface area contributed by atoms with Crippen LogP contribution in [0.25, 0.3) is 0 Å². The number of piperazine rings is 1. The summed E-state index contributed by atoms with van der Waals surface area (Å²) in [5.74, 6) is 1.02. The Bertz CT molecular complexity index is 727. The first kappa shape index (κ1) is 18.3. The number of rotatable bonds is 5. The van der Waals surface area contributed by atoms with Gasteiger partial charge in [-0.2, -0.15) is 0 Å². The minimum atomic E-state index is -0.139.